The smallest absolute Gasteiger partial charge is 0.269 e. The molecule has 1 aliphatic rings. The fourth-order valence-corrected chi connectivity index (χ4v) is 2.82. The fourth-order valence-electron chi connectivity index (χ4n) is 2.82. The van der Waals surface area contributed by atoms with E-state index in [-0.39, 0.29) is 16.9 Å². The van der Waals surface area contributed by atoms with Crippen molar-refractivity contribution in [3.05, 3.63) is 51.6 Å². The summed E-state index contributed by atoms with van der Waals surface area (Å²) in [6.07, 6.45) is 2.37. The molecular formula is C16H19NO4. The Balaban J connectivity index is 2.14. The molecule has 1 aromatic rings. The van der Waals surface area contributed by atoms with Gasteiger partial charge < -0.3 is 5.11 Å². The first kappa shape index (κ1) is 15.4. The van der Waals surface area contributed by atoms with Gasteiger partial charge >= 0.3 is 0 Å². The average molecular weight is 289 g/mol. The van der Waals surface area contributed by atoms with Gasteiger partial charge in [0.25, 0.3) is 5.69 Å². The lowest BCUT2D eigenvalue weighted by atomic mass is 9.75. The second-order valence-corrected chi connectivity index (χ2v) is 6.36. The van der Waals surface area contributed by atoms with Crippen molar-refractivity contribution in [2.24, 2.45) is 5.41 Å². The van der Waals surface area contributed by atoms with Crippen LogP contribution in [0.5, 0.6) is 0 Å². The number of hydrogen-bond donors (Lipinski definition) is 1. The van der Waals surface area contributed by atoms with Crippen LogP contribution in [0.4, 0.5) is 5.69 Å². The highest BCUT2D eigenvalue weighted by molar-refractivity contribution is 5.91. The average Bonchev–Trinajstić information content (AvgIpc) is 2.36. The molecule has 21 heavy (non-hydrogen) atoms. The predicted molar refractivity (Wildman–Crippen MR) is 78.8 cm³/mol. The summed E-state index contributed by atoms with van der Waals surface area (Å²) in [6.45, 7) is 4.05. The minimum atomic E-state index is -0.835. The van der Waals surface area contributed by atoms with Crippen LogP contribution in [0.25, 0.3) is 0 Å². The van der Waals surface area contributed by atoms with Gasteiger partial charge in [0.1, 0.15) is 0 Å². The Morgan fingerprint density at radius 1 is 1.38 bits per heavy atom. The first-order valence-corrected chi connectivity index (χ1v) is 6.91. The van der Waals surface area contributed by atoms with Gasteiger partial charge in [-0.2, -0.15) is 0 Å². The van der Waals surface area contributed by atoms with E-state index in [2.05, 4.69) is 0 Å². The van der Waals surface area contributed by atoms with Gasteiger partial charge in [0, 0.05) is 18.6 Å². The molecular weight excluding hydrogens is 270 g/mol. The normalized spacial score (nSPS) is 19.0. The molecule has 1 atom stereocenters. The third kappa shape index (κ3) is 3.98. The van der Waals surface area contributed by atoms with Crippen LogP contribution < -0.4 is 0 Å². The van der Waals surface area contributed by atoms with Crippen molar-refractivity contribution >= 4 is 11.5 Å². The minimum Gasteiger partial charge on any atom is -0.388 e. The number of rotatable bonds is 4. The number of ketones is 1. The van der Waals surface area contributed by atoms with E-state index in [9.17, 15) is 20.0 Å². The second-order valence-electron chi connectivity index (χ2n) is 6.36. The first-order chi connectivity index (χ1) is 9.77. The Labute approximate surface area is 123 Å². The van der Waals surface area contributed by atoms with Gasteiger partial charge in [0.15, 0.2) is 5.78 Å². The molecule has 5 nitrogen and oxygen atoms in total. The summed E-state index contributed by atoms with van der Waals surface area (Å²) in [7, 11) is 0. The van der Waals surface area contributed by atoms with Crippen LogP contribution in [-0.4, -0.2) is 15.8 Å². The number of nitro benzene ring substituents is 1. The maximum atomic E-state index is 11.7. The molecule has 0 radical (unpaired) electrons. The molecule has 0 spiro atoms. The van der Waals surface area contributed by atoms with Gasteiger partial charge in [-0.05, 0) is 29.9 Å². The number of carbonyl (C=O) groups is 1. The monoisotopic (exact) mass is 289 g/mol. The molecule has 0 fully saturated rings. The largest absolute Gasteiger partial charge is 0.388 e. The van der Waals surface area contributed by atoms with Crippen molar-refractivity contribution in [1.82, 2.24) is 0 Å². The van der Waals surface area contributed by atoms with Crippen LogP contribution >= 0.6 is 0 Å². The Morgan fingerprint density at radius 2 is 2.10 bits per heavy atom. The summed E-state index contributed by atoms with van der Waals surface area (Å²) in [5.41, 5.74) is 1.26. The maximum absolute atomic E-state index is 11.7. The van der Waals surface area contributed by atoms with Gasteiger partial charge in [-0.15, -0.1) is 0 Å². The molecule has 1 unspecified atom stereocenters. The molecule has 2 rings (SSSR count). The van der Waals surface area contributed by atoms with E-state index in [1.165, 1.54) is 12.1 Å². The molecule has 0 amide bonds. The molecule has 5 heteroatoms. The van der Waals surface area contributed by atoms with E-state index in [1.807, 2.05) is 13.8 Å². The number of benzene rings is 1. The molecule has 0 aromatic heterocycles. The molecule has 1 N–H and O–H groups in total. The Bertz CT molecular complexity index is 604. The highest BCUT2D eigenvalue weighted by atomic mass is 16.6. The zero-order valence-corrected chi connectivity index (χ0v) is 12.2. The highest BCUT2D eigenvalue weighted by Gasteiger charge is 2.28. The summed E-state index contributed by atoms with van der Waals surface area (Å²) < 4.78 is 0. The first-order valence-electron chi connectivity index (χ1n) is 6.91. The van der Waals surface area contributed by atoms with Crippen molar-refractivity contribution in [3.63, 3.8) is 0 Å². The van der Waals surface area contributed by atoms with Crippen LogP contribution in [0.2, 0.25) is 0 Å². The van der Waals surface area contributed by atoms with Gasteiger partial charge in [0.2, 0.25) is 0 Å². The van der Waals surface area contributed by atoms with Crippen LogP contribution in [-0.2, 0) is 4.79 Å². The number of non-ortho nitro benzene ring substituents is 1. The van der Waals surface area contributed by atoms with Gasteiger partial charge in [-0.3, -0.25) is 14.9 Å². The van der Waals surface area contributed by atoms with E-state index in [0.29, 0.717) is 18.4 Å². The quantitative estimate of drug-likeness (QED) is 0.681. The summed E-state index contributed by atoms with van der Waals surface area (Å²) >= 11 is 0. The van der Waals surface area contributed by atoms with Crippen molar-refractivity contribution in [2.45, 2.75) is 39.2 Å². The van der Waals surface area contributed by atoms with Gasteiger partial charge in [-0.1, -0.05) is 31.6 Å². The van der Waals surface area contributed by atoms with Crippen molar-refractivity contribution < 1.29 is 14.8 Å². The number of carbonyl (C=O) groups excluding carboxylic acids is 1. The number of aliphatic hydroxyl groups excluding tert-OH is 1. The standard InChI is InChI=1S/C16H19NO4/c1-16(2)9-11(6-14(18)10-16)7-15(19)12-4-3-5-13(8-12)17(20)21/h3-6,8,15,19H,7,9-10H2,1-2H3. The fraction of sp³-hybridized carbons (Fsp3) is 0.438. The molecule has 112 valence electrons. The second kappa shape index (κ2) is 5.77. The minimum absolute atomic E-state index is 0.0411. The molecule has 0 bridgehead atoms. The summed E-state index contributed by atoms with van der Waals surface area (Å²) in [4.78, 5) is 22.0. The predicted octanol–water partition coefficient (Wildman–Crippen LogP) is 3.33. The molecule has 0 saturated carbocycles. The number of allylic oxidation sites excluding steroid dienone is 1. The summed E-state index contributed by atoms with van der Waals surface area (Å²) in [6, 6.07) is 5.98. The Kier molecular flexibility index (Phi) is 4.23. The van der Waals surface area contributed by atoms with Gasteiger partial charge in [-0.25, -0.2) is 0 Å². The SMILES string of the molecule is CC1(C)CC(=O)C=C(CC(O)c2cccc([N+](=O)[O-])c2)C1. The van der Waals surface area contributed by atoms with Crippen LogP contribution in [0.15, 0.2) is 35.9 Å². The van der Waals surface area contributed by atoms with Crippen molar-refractivity contribution in [1.29, 1.82) is 0 Å². The molecule has 0 saturated heterocycles. The number of hydrogen-bond acceptors (Lipinski definition) is 4. The topological polar surface area (TPSA) is 80.4 Å². The van der Waals surface area contributed by atoms with E-state index in [4.69, 9.17) is 0 Å². The lowest BCUT2D eigenvalue weighted by molar-refractivity contribution is -0.385. The maximum Gasteiger partial charge on any atom is 0.269 e. The van der Waals surface area contributed by atoms with E-state index in [0.717, 1.165) is 12.0 Å². The number of nitro groups is 1. The number of aliphatic hydroxyl groups is 1. The molecule has 1 aromatic carbocycles. The molecule has 0 heterocycles. The summed E-state index contributed by atoms with van der Waals surface area (Å²) in [5.74, 6) is 0.0764. The van der Waals surface area contributed by atoms with E-state index < -0.39 is 11.0 Å². The lowest BCUT2D eigenvalue weighted by Gasteiger charge is -2.29. The zero-order chi connectivity index (χ0) is 15.6. The zero-order valence-electron chi connectivity index (χ0n) is 12.2. The van der Waals surface area contributed by atoms with Crippen LogP contribution in [0.1, 0.15) is 44.8 Å². The Morgan fingerprint density at radius 3 is 2.71 bits per heavy atom. The third-order valence-corrected chi connectivity index (χ3v) is 3.64. The van der Waals surface area contributed by atoms with E-state index in [1.54, 1.807) is 18.2 Å². The van der Waals surface area contributed by atoms with Crippen LogP contribution in [0.3, 0.4) is 0 Å². The highest BCUT2D eigenvalue weighted by Crippen LogP contribution is 2.37. The molecule has 1 aliphatic carbocycles. The van der Waals surface area contributed by atoms with E-state index >= 15 is 0 Å². The summed E-state index contributed by atoms with van der Waals surface area (Å²) in [5, 5.41) is 21.0. The Hall–Kier alpha value is -2.01. The van der Waals surface area contributed by atoms with Crippen molar-refractivity contribution in [3.8, 4) is 0 Å². The van der Waals surface area contributed by atoms with Gasteiger partial charge in [0.05, 0.1) is 11.0 Å². The van der Waals surface area contributed by atoms with Crippen molar-refractivity contribution in [2.75, 3.05) is 0 Å². The number of nitrogens with zero attached hydrogens (tertiary/aromatic N) is 1. The third-order valence-electron chi connectivity index (χ3n) is 3.64. The van der Waals surface area contributed by atoms with Crippen LogP contribution in [0, 0.1) is 15.5 Å². The lowest BCUT2D eigenvalue weighted by Crippen LogP contribution is -2.22. The molecule has 0 aliphatic heterocycles.